The first kappa shape index (κ1) is 17.0. The highest BCUT2D eigenvalue weighted by Crippen LogP contribution is 2.29. The standard InChI is InChI=1S/C17H20BrN3O3/c1-17(15(23)19-16(24)20-17)10-14(22)21-8-6-12(7-9-21)11-2-4-13(18)5-3-11/h2-5,12H,6-10H2,1H3,(H2,19,20,23,24). The van der Waals surface area contributed by atoms with Gasteiger partial charge in [0.2, 0.25) is 5.91 Å². The molecule has 0 aliphatic carbocycles. The first-order valence-corrected chi connectivity index (χ1v) is 8.83. The van der Waals surface area contributed by atoms with Crippen molar-refractivity contribution < 1.29 is 14.4 Å². The average molecular weight is 394 g/mol. The van der Waals surface area contributed by atoms with E-state index in [1.807, 2.05) is 12.1 Å². The molecule has 2 N–H and O–H groups in total. The van der Waals surface area contributed by atoms with Crippen LogP contribution in [0.15, 0.2) is 28.7 Å². The van der Waals surface area contributed by atoms with Crippen LogP contribution in [0.25, 0.3) is 0 Å². The molecule has 1 aromatic carbocycles. The van der Waals surface area contributed by atoms with Gasteiger partial charge in [-0.25, -0.2) is 4.79 Å². The van der Waals surface area contributed by atoms with E-state index < -0.39 is 17.5 Å². The number of carbonyl (C=O) groups excluding carboxylic acids is 3. The van der Waals surface area contributed by atoms with Crippen LogP contribution in [0.4, 0.5) is 4.79 Å². The van der Waals surface area contributed by atoms with Gasteiger partial charge in [-0.3, -0.25) is 14.9 Å². The number of urea groups is 1. The van der Waals surface area contributed by atoms with Crippen LogP contribution in [0, 0.1) is 0 Å². The van der Waals surface area contributed by atoms with Gasteiger partial charge in [0.05, 0.1) is 6.42 Å². The van der Waals surface area contributed by atoms with Crippen molar-refractivity contribution in [3.05, 3.63) is 34.3 Å². The van der Waals surface area contributed by atoms with Gasteiger partial charge in [0.15, 0.2) is 0 Å². The monoisotopic (exact) mass is 393 g/mol. The molecular weight excluding hydrogens is 374 g/mol. The predicted octanol–water partition coefficient (Wildman–Crippen LogP) is 2.14. The third-order valence-corrected chi connectivity index (χ3v) is 5.34. The number of rotatable bonds is 3. The van der Waals surface area contributed by atoms with Gasteiger partial charge in [-0.1, -0.05) is 28.1 Å². The molecule has 7 heteroatoms. The Labute approximate surface area is 149 Å². The van der Waals surface area contributed by atoms with Gasteiger partial charge >= 0.3 is 6.03 Å². The van der Waals surface area contributed by atoms with E-state index >= 15 is 0 Å². The maximum Gasteiger partial charge on any atom is 0.322 e. The summed E-state index contributed by atoms with van der Waals surface area (Å²) in [5, 5.41) is 4.72. The van der Waals surface area contributed by atoms with E-state index in [0.29, 0.717) is 19.0 Å². The number of nitrogens with one attached hydrogen (secondary N) is 2. The minimum atomic E-state index is -1.14. The molecule has 1 aromatic rings. The smallest absolute Gasteiger partial charge is 0.322 e. The van der Waals surface area contributed by atoms with E-state index in [1.165, 1.54) is 5.56 Å². The van der Waals surface area contributed by atoms with E-state index in [-0.39, 0.29) is 12.3 Å². The van der Waals surface area contributed by atoms with Crippen molar-refractivity contribution in [1.82, 2.24) is 15.5 Å². The Morgan fingerprint density at radius 3 is 2.42 bits per heavy atom. The number of amides is 4. The second-order valence-electron chi connectivity index (χ2n) is 6.62. The summed E-state index contributed by atoms with van der Waals surface area (Å²) in [5.41, 5.74) is 0.149. The lowest BCUT2D eigenvalue weighted by Gasteiger charge is -2.34. The predicted molar refractivity (Wildman–Crippen MR) is 92.4 cm³/mol. The highest BCUT2D eigenvalue weighted by molar-refractivity contribution is 9.10. The molecule has 6 nitrogen and oxygen atoms in total. The zero-order chi connectivity index (χ0) is 17.3. The molecule has 2 heterocycles. The van der Waals surface area contributed by atoms with Crippen molar-refractivity contribution in [2.75, 3.05) is 13.1 Å². The van der Waals surface area contributed by atoms with Crippen LogP contribution in [-0.2, 0) is 9.59 Å². The maximum atomic E-state index is 12.5. The van der Waals surface area contributed by atoms with Crippen molar-refractivity contribution in [2.24, 2.45) is 0 Å². The Balaban J connectivity index is 1.56. The lowest BCUT2D eigenvalue weighted by Crippen LogP contribution is -2.49. The van der Waals surface area contributed by atoms with Gasteiger partial charge < -0.3 is 10.2 Å². The van der Waals surface area contributed by atoms with Crippen molar-refractivity contribution in [2.45, 2.75) is 37.6 Å². The molecule has 2 saturated heterocycles. The summed E-state index contributed by atoms with van der Waals surface area (Å²) in [7, 11) is 0. The average Bonchev–Trinajstić information content (AvgIpc) is 2.80. The van der Waals surface area contributed by atoms with Crippen molar-refractivity contribution >= 4 is 33.8 Å². The summed E-state index contributed by atoms with van der Waals surface area (Å²) < 4.78 is 1.06. The highest BCUT2D eigenvalue weighted by Gasteiger charge is 2.44. The van der Waals surface area contributed by atoms with Crippen molar-refractivity contribution in [3.63, 3.8) is 0 Å². The van der Waals surface area contributed by atoms with Crippen LogP contribution in [0.1, 0.15) is 37.7 Å². The molecule has 2 aliphatic rings. The molecule has 24 heavy (non-hydrogen) atoms. The van der Waals surface area contributed by atoms with Crippen molar-refractivity contribution in [1.29, 1.82) is 0 Å². The number of halogens is 1. The third kappa shape index (κ3) is 3.45. The van der Waals surface area contributed by atoms with E-state index in [1.54, 1.807) is 11.8 Å². The van der Waals surface area contributed by atoms with Gasteiger partial charge in [-0.05, 0) is 43.4 Å². The Hall–Kier alpha value is -1.89. The summed E-state index contributed by atoms with van der Waals surface area (Å²) in [6.45, 7) is 2.93. The van der Waals surface area contributed by atoms with E-state index in [4.69, 9.17) is 0 Å². The molecule has 0 saturated carbocycles. The van der Waals surface area contributed by atoms with Crippen LogP contribution >= 0.6 is 15.9 Å². The number of carbonyl (C=O) groups is 3. The second kappa shape index (κ2) is 6.55. The molecule has 2 fully saturated rings. The molecule has 0 spiro atoms. The molecule has 4 amide bonds. The number of nitrogens with zero attached hydrogens (tertiary/aromatic N) is 1. The van der Waals surface area contributed by atoms with Gasteiger partial charge in [0.1, 0.15) is 5.54 Å². The van der Waals surface area contributed by atoms with Gasteiger partial charge in [-0.15, -0.1) is 0 Å². The third-order valence-electron chi connectivity index (χ3n) is 4.81. The number of imide groups is 1. The van der Waals surface area contributed by atoms with Crippen LogP contribution in [-0.4, -0.2) is 41.4 Å². The minimum absolute atomic E-state index is 0.00642. The van der Waals surface area contributed by atoms with E-state index in [9.17, 15) is 14.4 Å². The number of likely N-dealkylation sites (tertiary alicyclic amines) is 1. The quantitative estimate of drug-likeness (QED) is 0.772. The molecule has 0 aromatic heterocycles. The second-order valence-corrected chi connectivity index (χ2v) is 7.54. The van der Waals surface area contributed by atoms with Crippen LogP contribution in [0.3, 0.4) is 0 Å². The SMILES string of the molecule is CC1(CC(=O)N2CCC(c3ccc(Br)cc3)CC2)NC(=O)NC1=O. The number of hydrogen-bond donors (Lipinski definition) is 2. The maximum absolute atomic E-state index is 12.5. The molecule has 128 valence electrons. The topological polar surface area (TPSA) is 78.5 Å². The molecule has 1 unspecified atom stereocenters. The van der Waals surface area contributed by atoms with Gasteiger partial charge in [-0.2, -0.15) is 0 Å². The Kier molecular flexibility index (Phi) is 4.62. The Morgan fingerprint density at radius 2 is 1.88 bits per heavy atom. The molecule has 2 aliphatic heterocycles. The van der Waals surface area contributed by atoms with Crippen LogP contribution in [0.5, 0.6) is 0 Å². The fraction of sp³-hybridized carbons (Fsp3) is 0.471. The molecule has 0 bridgehead atoms. The molecule has 0 radical (unpaired) electrons. The summed E-state index contributed by atoms with van der Waals surface area (Å²) in [5.74, 6) is -0.0816. The number of hydrogen-bond acceptors (Lipinski definition) is 3. The zero-order valence-corrected chi connectivity index (χ0v) is 15.1. The summed E-state index contributed by atoms with van der Waals surface area (Å²) in [6.07, 6.45) is 1.80. The van der Waals surface area contributed by atoms with Gasteiger partial charge in [0, 0.05) is 17.6 Å². The first-order valence-electron chi connectivity index (χ1n) is 8.04. The highest BCUT2D eigenvalue weighted by atomic mass is 79.9. The van der Waals surface area contributed by atoms with Crippen LogP contribution < -0.4 is 10.6 Å². The normalized spacial score (nSPS) is 24.7. The lowest BCUT2D eigenvalue weighted by atomic mass is 9.89. The van der Waals surface area contributed by atoms with E-state index in [0.717, 1.165) is 17.3 Å². The van der Waals surface area contributed by atoms with E-state index in [2.05, 4.69) is 38.7 Å². The Morgan fingerprint density at radius 1 is 1.25 bits per heavy atom. The minimum Gasteiger partial charge on any atom is -0.343 e. The fourth-order valence-corrected chi connectivity index (χ4v) is 3.58. The molecule has 3 rings (SSSR count). The lowest BCUT2D eigenvalue weighted by molar-refractivity contribution is -0.137. The largest absolute Gasteiger partial charge is 0.343 e. The van der Waals surface area contributed by atoms with Crippen LogP contribution in [0.2, 0.25) is 0 Å². The Bertz CT molecular complexity index is 668. The fourth-order valence-electron chi connectivity index (χ4n) is 3.32. The summed E-state index contributed by atoms with van der Waals surface area (Å²) in [6, 6.07) is 7.77. The summed E-state index contributed by atoms with van der Waals surface area (Å²) >= 11 is 3.44. The van der Waals surface area contributed by atoms with Crippen molar-refractivity contribution in [3.8, 4) is 0 Å². The molecule has 1 atom stereocenters. The number of piperidine rings is 1. The zero-order valence-electron chi connectivity index (χ0n) is 13.5. The summed E-state index contributed by atoms with van der Waals surface area (Å²) in [4.78, 5) is 37.4. The van der Waals surface area contributed by atoms with Gasteiger partial charge in [0.25, 0.3) is 5.91 Å². The molecular formula is C17H20BrN3O3. The first-order chi connectivity index (χ1) is 11.4. The number of benzene rings is 1.